The molecule has 3 rings (SSSR count). The molecular weight excluding hydrogens is 512 g/mol. The third-order valence-corrected chi connectivity index (χ3v) is 6.36. The average Bonchev–Trinajstić information content (AvgIpc) is 2.93. The normalized spacial score (nSPS) is 12.0. The number of nitrogens with zero attached hydrogens (tertiary/aromatic N) is 3. The van der Waals surface area contributed by atoms with Gasteiger partial charge in [0.25, 0.3) is 5.96 Å². The number of benzene rings is 3. The number of amides is 2. The van der Waals surface area contributed by atoms with Gasteiger partial charge in [0, 0.05) is 18.7 Å². The van der Waals surface area contributed by atoms with Crippen LogP contribution in [0.1, 0.15) is 52.7 Å². The highest BCUT2D eigenvalue weighted by Crippen LogP contribution is 2.29. The van der Waals surface area contributed by atoms with Crippen LogP contribution < -0.4 is 16.8 Å². The molecule has 0 bridgehead atoms. The van der Waals surface area contributed by atoms with Crippen LogP contribution in [0.5, 0.6) is 0 Å². The Hall–Kier alpha value is -5.06. The maximum atomic E-state index is 14.4. The van der Waals surface area contributed by atoms with E-state index < -0.39 is 22.9 Å². The van der Waals surface area contributed by atoms with E-state index in [0.29, 0.717) is 17.5 Å². The summed E-state index contributed by atoms with van der Waals surface area (Å²) in [6.45, 7) is 1.71. The summed E-state index contributed by atoms with van der Waals surface area (Å²) in [6, 6.07) is 24.4. The summed E-state index contributed by atoms with van der Waals surface area (Å²) in [4.78, 5) is 50.9. The van der Waals surface area contributed by atoms with E-state index in [2.05, 4.69) is 10.4 Å². The van der Waals surface area contributed by atoms with E-state index in [-0.39, 0.29) is 37.2 Å². The molecule has 0 aromatic heterocycles. The number of Topliss-reactive ketones (excluding diaryl/α,β-unsaturated/α-hetero) is 1. The number of hydrogen-bond acceptors (Lipinski definition) is 5. The zero-order valence-electron chi connectivity index (χ0n) is 22.1. The van der Waals surface area contributed by atoms with Crippen molar-refractivity contribution in [2.75, 3.05) is 6.54 Å². The summed E-state index contributed by atoms with van der Waals surface area (Å²) in [5.41, 5.74) is 14.1. The lowest BCUT2D eigenvalue weighted by molar-refractivity contribution is -0.485. The molecule has 0 unspecified atom stereocenters. The van der Waals surface area contributed by atoms with Gasteiger partial charge in [-0.1, -0.05) is 84.9 Å². The van der Waals surface area contributed by atoms with Gasteiger partial charge in [-0.2, -0.15) is 0 Å². The minimum Gasteiger partial charge on any atom is -0.368 e. The number of ketones is 1. The lowest BCUT2D eigenvalue weighted by Crippen LogP contribution is -2.49. The van der Waals surface area contributed by atoms with Crippen molar-refractivity contribution in [3.8, 4) is 0 Å². The van der Waals surface area contributed by atoms with Crippen molar-refractivity contribution in [3.63, 3.8) is 0 Å². The van der Waals surface area contributed by atoms with E-state index in [1.807, 2.05) is 60.7 Å². The second-order valence-corrected chi connectivity index (χ2v) is 9.18. The first kappa shape index (κ1) is 29.5. The van der Waals surface area contributed by atoms with Gasteiger partial charge in [-0.15, -0.1) is 0 Å². The van der Waals surface area contributed by atoms with E-state index in [1.54, 1.807) is 24.3 Å². The fourth-order valence-electron chi connectivity index (χ4n) is 4.40. The number of hydrogen-bond donors (Lipinski definition) is 3. The van der Waals surface area contributed by atoms with E-state index in [1.165, 1.54) is 11.8 Å². The number of carbonyl (C=O) groups is 3. The van der Waals surface area contributed by atoms with Gasteiger partial charge in [-0.05, 0) is 36.5 Å². The van der Waals surface area contributed by atoms with Gasteiger partial charge in [0.2, 0.25) is 11.8 Å². The van der Waals surface area contributed by atoms with Crippen LogP contribution in [-0.2, 0) is 16.1 Å². The fourth-order valence-corrected chi connectivity index (χ4v) is 4.40. The Labute approximate surface area is 232 Å². The molecule has 0 aliphatic heterocycles. The van der Waals surface area contributed by atoms with Crippen molar-refractivity contribution < 1.29 is 19.4 Å². The van der Waals surface area contributed by atoms with E-state index in [0.717, 1.165) is 11.1 Å². The molecule has 1 atom stereocenters. The predicted molar refractivity (Wildman–Crippen MR) is 151 cm³/mol. The predicted octanol–water partition coefficient (Wildman–Crippen LogP) is 2.78. The lowest BCUT2D eigenvalue weighted by Gasteiger charge is -2.33. The van der Waals surface area contributed by atoms with E-state index in [9.17, 15) is 24.5 Å². The molecule has 3 aromatic rings. The molecule has 208 valence electrons. The van der Waals surface area contributed by atoms with Crippen LogP contribution in [0.4, 0.5) is 0 Å². The Morgan fingerprint density at radius 2 is 1.48 bits per heavy atom. The summed E-state index contributed by atoms with van der Waals surface area (Å²) in [5, 5.41) is 15.2. The standard InChI is InChI=1S/C29H32N6O5/c1-20(36)22-16-14-21(15-17-22)19-34(25(27(30)37)13-8-18-32-29(31)33-35(39)40)28(38)26(23-9-4-2-5-10-23)24-11-6-3-7-12-24/h2-7,9-12,14-17,25-26H,8,13,18-19H2,1H3,(H2,30,37)(H3,31,32,33)/t25-/m1/s1. The Morgan fingerprint density at radius 3 is 1.95 bits per heavy atom. The van der Waals surface area contributed by atoms with Gasteiger partial charge in [-0.25, -0.2) is 10.1 Å². The molecule has 0 fully saturated rings. The number of nitrogens with one attached hydrogen (secondary N) is 1. The number of nitro groups is 1. The minimum atomic E-state index is -0.995. The van der Waals surface area contributed by atoms with Gasteiger partial charge in [0.1, 0.15) is 11.1 Å². The van der Waals surface area contributed by atoms with Crippen molar-refractivity contribution in [1.29, 1.82) is 0 Å². The number of hydrazone groups is 1. The first-order valence-corrected chi connectivity index (χ1v) is 12.7. The average molecular weight is 545 g/mol. The van der Waals surface area contributed by atoms with Gasteiger partial charge < -0.3 is 21.7 Å². The Kier molecular flexibility index (Phi) is 10.5. The van der Waals surface area contributed by atoms with Crippen LogP contribution in [0, 0.1) is 10.1 Å². The van der Waals surface area contributed by atoms with Gasteiger partial charge in [-0.3, -0.25) is 14.4 Å². The Bertz CT molecular complexity index is 1310. The smallest absolute Gasteiger partial charge is 0.266 e. The van der Waals surface area contributed by atoms with Crippen molar-refractivity contribution in [3.05, 3.63) is 117 Å². The topological polar surface area (TPSA) is 174 Å². The molecule has 2 amide bonds. The Balaban J connectivity index is 1.97. The zero-order chi connectivity index (χ0) is 29.1. The highest BCUT2D eigenvalue weighted by Gasteiger charge is 2.34. The molecule has 5 N–H and O–H groups in total. The highest BCUT2D eigenvalue weighted by molar-refractivity contribution is 5.94. The van der Waals surface area contributed by atoms with E-state index >= 15 is 0 Å². The van der Waals surface area contributed by atoms with Gasteiger partial charge in [0.15, 0.2) is 10.8 Å². The van der Waals surface area contributed by atoms with Gasteiger partial charge in [0.05, 0.1) is 5.92 Å². The van der Waals surface area contributed by atoms with Crippen LogP contribution in [-0.4, -0.2) is 46.1 Å². The number of nitrogens with two attached hydrogens (primary N) is 2. The molecular formula is C29H32N6O5. The third-order valence-electron chi connectivity index (χ3n) is 6.36. The molecule has 0 aliphatic carbocycles. The maximum absolute atomic E-state index is 14.4. The van der Waals surface area contributed by atoms with Crippen LogP contribution in [0.3, 0.4) is 0 Å². The van der Waals surface area contributed by atoms with Crippen LogP contribution in [0.25, 0.3) is 0 Å². The second-order valence-electron chi connectivity index (χ2n) is 9.18. The first-order valence-electron chi connectivity index (χ1n) is 12.7. The fraction of sp³-hybridized carbons (Fsp3) is 0.241. The first-order chi connectivity index (χ1) is 19.2. The molecule has 11 nitrogen and oxygen atoms in total. The van der Waals surface area contributed by atoms with E-state index in [4.69, 9.17) is 11.5 Å². The summed E-state index contributed by atoms with van der Waals surface area (Å²) in [5.74, 6) is -2.18. The molecule has 0 aliphatic rings. The molecule has 40 heavy (non-hydrogen) atoms. The highest BCUT2D eigenvalue weighted by atomic mass is 16.7. The van der Waals surface area contributed by atoms with Crippen molar-refractivity contribution in [1.82, 2.24) is 10.2 Å². The largest absolute Gasteiger partial charge is 0.368 e. The molecule has 11 heteroatoms. The summed E-state index contributed by atoms with van der Waals surface area (Å²) in [7, 11) is 0. The summed E-state index contributed by atoms with van der Waals surface area (Å²) in [6.07, 6.45) is 0.484. The second kappa shape index (κ2) is 14.2. The zero-order valence-corrected chi connectivity index (χ0v) is 22.1. The molecule has 0 radical (unpaired) electrons. The third kappa shape index (κ3) is 8.22. The molecule has 0 spiro atoms. The molecule has 0 heterocycles. The maximum Gasteiger partial charge on any atom is 0.266 e. The Morgan fingerprint density at radius 1 is 0.925 bits per heavy atom. The van der Waals surface area contributed by atoms with Crippen LogP contribution >= 0.6 is 0 Å². The van der Waals surface area contributed by atoms with Crippen molar-refractivity contribution >= 4 is 23.6 Å². The molecule has 0 saturated heterocycles. The SMILES string of the molecule is CC(=O)c1ccc(CN(C(=O)C(c2ccccc2)c2ccccc2)[C@H](CCCNC(N)=N[N+](=O)[O-])C(N)=O)cc1. The van der Waals surface area contributed by atoms with Crippen LogP contribution in [0.15, 0.2) is 90.0 Å². The lowest BCUT2D eigenvalue weighted by atomic mass is 9.89. The number of guanidine groups is 1. The number of primary amides is 1. The number of rotatable bonds is 13. The van der Waals surface area contributed by atoms with Crippen molar-refractivity contribution in [2.45, 2.75) is 38.3 Å². The molecule has 0 saturated carbocycles. The van der Waals surface area contributed by atoms with Gasteiger partial charge >= 0.3 is 0 Å². The quantitative estimate of drug-likeness (QED) is 0.0740. The summed E-state index contributed by atoms with van der Waals surface area (Å²) < 4.78 is 0. The van der Waals surface area contributed by atoms with Crippen molar-refractivity contribution in [2.24, 2.45) is 16.6 Å². The molecule has 3 aromatic carbocycles. The monoisotopic (exact) mass is 544 g/mol. The van der Waals surface area contributed by atoms with Crippen LogP contribution in [0.2, 0.25) is 0 Å². The number of carbonyl (C=O) groups excluding carboxylic acids is 3. The summed E-state index contributed by atoms with van der Waals surface area (Å²) >= 11 is 0. The minimum absolute atomic E-state index is 0.0686.